The number of alkyl halides is 2. The second-order valence-corrected chi connectivity index (χ2v) is 6.45. The molecule has 1 atom stereocenters. The average molecular weight is 417 g/mol. The van der Waals surface area contributed by atoms with Gasteiger partial charge in [-0.05, 0) is 23.8 Å². The molecule has 1 aliphatic heterocycles. The zero-order valence-electron chi connectivity index (χ0n) is 16.1. The second-order valence-electron chi connectivity index (χ2n) is 6.45. The Kier molecular flexibility index (Phi) is 7.51. The molecule has 2 aromatic rings. The highest BCUT2D eigenvalue weighted by Gasteiger charge is 2.29. The van der Waals surface area contributed by atoms with Crippen molar-refractivity contribution in [3.05, 3.63) is 71.8 Å². The number of hydrogen-bond acceptors (Lipinski definition) is 5. The Bertz CT molecular complexity index is 865. The minimum Gasteiger partial charge on any atom is -0.444 e. The number of benzene rings is 2. The smallest absolute Gasteiger partial charge is 0.387 e. The molecule has 0 N–H and O–H groups in total. The predicted molar refractivity (Wildman–Crippen MR) is 105 cm³/mol. The molecule has 1 saturated heterocycles. The van der Waals surface area contributed by atoms with E-state index in [1.54, 1.807) is 29.2 Å². The monoisotopic (exact) mass is 417 g/mol. The first-order valence-electron chi connectivity index (χ1n) is 9.38. The molecular formula is C22H21F2NO5. The maximum Gasteiger partial charge on any atom is 0.387 e. The number of halogens is 2. The van der Waals surface area contributed by atoms with Crippen LogP contribution in [0.5, 0.6) is 5.75 Å². The van der Waals surface area contributed by atoms with Gasteiger partial charge in [0, 0.05) is 24.7 Å². The summed E-state index contributed by atoms with van der Waals surface area (Å²) in [5.74, 6) is -0.983. The van der Waals surface area contributed by atoms with Crippen LogP contribution in [-0.4, -0.2) is 49.7 Å². The van der Waals surface area contributed by atoms with Gasteiger partial charge < -0.3 is 19.1 Å². The zero-order valence-corrected chi connectivity index (χ0v) is 16.1. The van der Waals surface area contributed by atoms with Gasteiger partial charge in [-0.1, -0.05) is 42.5 Å². The van der Waals surface area contributed by atoms with E-state index in [1.165, 1.54) is 36.4 Å². The number of nitrogens with zero attached hydrogens (tertiary/aromatic N) is 1. The van der Waals surface area contributed by atoms with Crippen LogP contribution in [0.1, 0.15) is 17.2 Å². The van der Waals surface area contributed by atoms with Crippen molar-refractivity contribution in [3.8, 4) is 5.75 Å². The molecule has 0 spiro atoms. The van der Waals surface area contributed by atoms with Crippen molar-refractivity contribution in [2.24, 2.45) is 0 Å². The Morgan fingerprint density at radius 1 is 1.00 bits per heavy atom. The number of morpholine rings is 1. The van der Waals surface area contributed by atoms with Crippen LogP contribution in [0.3, 0.4) is 0 Å². The van der Waals surface area contributed by atoms with Crippen LogP contribution in [0.25, 0.3) is 6.08 Å². The number of rotatable bonds is 7. The summed E-state index contributed by atoms with van der Waals surface area (Å²) in [6.07, 6.45) is 1.59. The van der Waals surface area contributed by atoms with Crippen molar-refractivity contribution in [2.75, 3.05) is 26.3 Å². The van der Waals surface area contributed by atoms with Crippen LogP contribution in [0, 0.1) is 0 Å². The molecule has 0 aliphatic carbocycles. The lowest BCUT2D eigenvalue weighted by atomic mass is 10.1. The first-order valence-corrected chi connectivity index (χ1v) is 9.38. The Morgan fingerprint density at radius 2 is 1.67 bits per heavy atom. The Hall–Kier alpha value is -3.26. The minimum absolute atomic E-state index is 0.0185. The van der Waals surface area contributed by atoms with E-state index in [-0.39, 0.29) is 11.7 Å². The fourth-order valence-electron chi connectivity index (χ4n) is 2.92. The van der Waals surface area contributed by atoms with Gasteiger partial charge in [-0.15, -0.1) is 0 Å². The molecule has 158 valence electrons. The molecule has 0 radical (unpaired) electrons. The summed E-state index contributed by atoms with van der Waals surface area (Å²) < 4.78 is 39.4. The summed E-state index contributed by atoms with van der Waals surface area (Å²) in [5, 5.41) is 0. The van der Waals surface area contributed by atoms with Crippen LogP contribution in [0.15, 0.2) is 60.7 Å². The predicted octanol–water partition coefficient (Wildman–Crippen LogP) is 3.44. The highest BCUT2D eigenvalue weighted by molar-refractivity contribution is 5.91. The molecular weight excluding hydrogens is 396 g/mol. The molecule has 1 heterocycles. The van der Waals surface area contributed by atoms with Crippen LogP contribution < -0.4 is 4.74 Å². The normalized spacial score (nSPS) is 15.2. The Labute approximate surface area is 172 Å². The molecule has 3 rings (SSSR count). The van der Waals surface area contributed by atoms with E-state index in [0.717, 1.165) is 0 Å². The molecule has 0 bridgehead atoms. The maximum absolute atomic E-state index is 12.9. The fraction of sp³-hybridized carbons (Fsp3) is 0.273. The van der Waals surface area contributed by atoms with Crippen molar-refractivity contribution in [1.82, 2.24) is 4.90 Å². The van der Waals surface area contributed by atoms with Gasteiger partial charge in [0.1, 0.15) is 5.75 Å². The molecule has 0 aromatic heterocycles. The third-order valence-corrected chi connectivity index (χ3v) is 4.40. The molecule has 6 nitrogen and oxygen atoms in total. The van der Waals surface area contributed by atoms with Crippen molar-refractivity contribution in [3.63, 3.8) is 0 Å². The van der Waals surface area contributed by atoms with Crippen molar-refractivity contribution >= 4 is 18.0 Å². The number of hydrogen-bond donors (Lipinski definition) is 0. The second kappa shape index (κ2) is 10.5. The van der Waals surface area contributed by atoms with E-state index in [0.29, 0.717) is 37.4 Å². The lowest BCUT2D eigenvalue weighted by Gasteiger charge is -2.30. The van der Waals surface area contributed by atoms with Gasteiger partial charge >= 0.3 is 12.6 Å². The highest BCUT2D eigenvalue weighted by atomic mass is 19.3. The van der Waals surface area contributed by atoms with E-state index < -0.39 is 18.7 Å². The molecule has 1 aliphatic rings. The lowest BCUT2D eigenvalue weighted by molar-refractivity contribution is -0.159. The van der Waals surface area contributed by atoms with Gasteiger partial charge in [0.05, 0.1) is 13.2 Å². The standard InChI is InChI=1S/C22H21F2NO5/c23-22(24)29-18-9-6-16(7-10-18)8-11-19(26)30-20(17-4-2-1-3-5-17)21(27)25-12-14-28-15-13-25/h1-11,20,22H,12-15H2/b11-8+/t20-/m0/s1. The van der Waals surface area contributed by atoms with Gasteiger partial charge in [-0.25, -0.2) is 4.79 Å². The third kappa shape index (κ3) is 6.12. The fourth-order valence-corrected chi connectivity index (χ4v) is 2.92. The van der Waals surface area contributed by atoms with E-state index >= 15 is 0 Å². The summed E-state index contributed by atoms with van der Waals surface area (Å²) in [6.45, 7) is -1.16. The molecule has 30 heavy (non-hydrogen) atoms. The molecule has 1 fully saturated rings. The molecule has 1 amide bonds. The van der Waals surface area contributed by atoms with Crippen LogP contribution in [-0.2, 0) is 19.1 Å². The van der Waals surface area contributed by atoms with Gasteiger partial charge in [-0.3, -0.25) is 4.79 Å². The van der Waals surface area contributed by atoms with Crippen molar-refractivity contribution in [2.45, 2.75) is 12.7 Å². The van der Waals surface area contributed by atoms with Gasteiger partial charge in [0.2, 0.25) is 6.10 Å². The van der Waals surface area contributed by atoms with Crippen molar-refractivity contribution < 1.29 is 32.6 Å². The van der Waals surface area contributed by atoms with E-state index in [2.05, 4.69) is 4.74 Å². The summed E-state index contributed by atoms with van der Waals surface area (Å²) >= 11 is 0. The zero-order chi connectivity index (χ0) is 21.3. The number of carbonyl (C=O) groups excluding carboxylic acids is 2. The number of amides is 1. The molecule has 2 aromatic carbocycles. The van der Waals surface area contributed by atoms with Crippen LogP contribution in [0.2, 0.25) is 0 Å². The third-order valence-electron chi connectivity index (χ3n) is 4.40. The summed E-state index contributed by atoms with van der Waals surface area (Å²) in [6, 6.07) is 14.6. The number of ether oxygens (including phenoxy) is 3. The van der Waals surface area contributed by atoms with Crippen molar-refractivity contribution in [1.29, 1.82) is 0 Å². The van der Waals surface area contributed by atoms with Crippen LogP contribution >= 0.6 is 0 Å². The van der Waals surface area contributed by atoms with Crippen LogP contribution in [0.4, 0.5) is 8.78 Å². The lowest BCUT2D eigenvalue weighted by Crippen LogP contribution is -2.44. The first-order chi connectivity index (χ1) is 14.5. The summed E-state index contributed by atoms with van der Waals surface area (Å²) in [7, 11) is 0. The minimum atomic E-state index is -2.90. The Morgan fingerprint density at radius 3 is 2.30 bits per heavy atom. The SMILES string of the molecule is O=C(/C=C/c1ccc(OC(F)F)cc1)O[C@H](C(=O)N1CCOCC1)c1ccccc1. The number of carbonyl (C=O) groups is 2. The largest absolute Gasteiger partial charge is 0.444 e. The quantitative estimate of drug-likeness (QED) is 0.510. The van der Waals surface area contributed by atoms with E-state index in [4.69, 9.17) is 9.47 Å². The van der Waals surface area contributed by atoms with E-state index in [1.807, 2.05) is 6.07 Å². The highest BCUT2D eigenvalue weighted by Crippen LogP contribution is 2.22. The number of esters is 1. The average Bonchev–Trinajstić information content (AvgIpc) is 2.77. The first kappa shape index (κ1) is 21.4. The van der Waals surface area contributed by atoms with Gasteiger partial charge in [-0.2, -0.15) is 8.78 Å². The Balaban J connectivity index is 1.68. The molecule has 8 heteroatoms. The maximum atomic E-state index is 12.9. The van der Waals surface area contributed by atoms with E-state index in [9.17, 15) is 18.4 Å². The van der Waals surface area contributed by atoms with Gasteiger partial charge in [0.25, 0.3) is 5.91 Å². The summed E-state index contributed by atoms with van der Waals surface area (Å²) in [5.41, 5.74) is 1.16. The van der Waals surface area contributed by atoms with Gasteiger partial charge in [0.15, 0.2) is 0 Å². The topological polar surface area (TPSA) is 65.1 Å². The molecule has 0 unspecified atom stereocenters. The summed E-state index contributed by atoms with van der Waals surface area (Å²) in [4.78, 5) is 26.9. The molecule has 0 saturated carbocycles.